The zero-order chi connectivity index (χ0) is 13.0. The SMILES string of the molecule is CCN1CCCC1CNCc1ccc(F)cc1C. The summed E-state index contributed by atoms with van der Waals surface area (Å²) in [6.07, 6.45) is 2.61. The number of likely N-dealkylation sites (tertiary alicyclic amines) is 1. The van der Waals surface area contributed by atoms with Crippen molar-refractivity contribution in [3.05, 3.63) is 35.1 Å². The van der Waals surface area contributed by atoms with Gasteiger partial charge in [0.2, 0.25) is 0 Å². The van der Waals surface area contributed by atoms with Crippen LogP contribution in [0.4, 0.5) is 4.39 Å². The fourth-order valence-electron chi connectivity index (χ4n) is 2.77. The van der Waals surface area contributed by atoms with Gasteiger partial charge in [-0.15, -0.1) is 0 Å². The lowest BCUT2D eigenvalue weighted by Gasteiger charge is -2.23. The van der Waals surface area contributed by atoms with E-state index >= 15 is 0 Å². The molecule has 1 aromatic carbocycles. The minimum absolute atomic E-state index is 0.149. The smallest absolute Gasteiger partial charge is 0.123 e. The van der Waals surface area contributed by atoms with Crippen LogP contribution in [-0.4, -0.2) is 30.6 Å². The van der Waals surface area contributed by atoms with E-state index in [0.29, 0.717) is 6.04 Å². The average molecular weight is 250 g/mol. The Morgan fingerprint density at radius 2 is 2.28 bits per heavy atom. The van der Waals surface area contributed by atoms with Crippen molar-refractivity contribution in [3.8, 4) is 0 Å². The van der Waals surface area contributed by atoms with Gasteiger partial charge in [-0.2, -0.15) is 0 Å². The Kier molecular flexibility index (Phi) is 4.72. The molecule has 1 unspecified atom stereocenters. The zero-order valence-corrected chi connectivity index (χ0v) is 11.4. The van der Waals surface area contributed by atoms with Crippen LogP contribution in [0.1, 0.15) is 30.9 Å². The zero-order valence-electron chi connectivity index (χ0n) is 11.4. The van der Waals surface area contributed by atoms with Crippen LogP contribution in [0, 0.1) is 12.7 Å². The third-order valence-electron chi connectivity index (χ3n) is 3.91. The number of nitrogens with one attached hydrogen (secondary N) is 1. The van der Waals surface area contributed by atoms with Gasteiger partial charge in [0.05, 0.1) is 0 Å². The maximum atomic E-state index is 13.0. The number of hydrogen-bond donors (Lipinski definition) is 1. The predicted octanol–water partition coefficient (Wildman–Crippen LogP) is 2.71. The van der Waals surface area contributed by atoms with E-state index in [1.54, 1.807) is 6.07 Å². The molecule has 0 bridgehead atoms. The lowest BCUT2D eigenvalue weighted by Crippen LogP contribution is -2.37. The molecule has 0 spiro atoms. The van der Waals surface area contributed by atoms with Gasteiger partial charge in [-0.3, -0.25) is 4.90 Å². The quantitative estimate of drug-likeness (QED) is 0.864. The average Bonchev–Trinajstić information content (AvgIpc) is 2.79. The summed E-state index contributed by atoms with van der Waals surface area (Å²) in [7, 11) is 0. The molecule has 1 heterocycles. The van der Waals surface area contributed by atoms with E-state index in [1.165, 1.54) is 31.0 Å². The monoisotopic (exact) mass is 250 g/mol. The Balaban J connectivity index is 1.81. The second-order valence-electron chi connectivity index (χ2n) is 5.13. The van der Waals surface area contributed by atoms with Crippen molar-refractivity contribution in [1.29, 1.82) is 0 Å². The molecular formula is C15H23FN2. The van der Waals surface area contributed by atoms with Gasteiger partial charge < -0.3 is 5.32 Å². The number of halogens is 1. The number of hydrogen-bond acceptors (Lipinski definition) is 2. The van der Waals surface area contributed by atoms with Crippen molar-refractivity contribution in [1.82, 2.24) is 10.2 Å². The van der Waals surface area contributed by atoms with Crippen molar-refractivity contribution in [2.45, 2.75) is 39.3 Å². The van der Waals surface area contributed by atoms with Crippen LogP contribution in [-0.2, 0) is 6.54 Å². The maximum Gasteiger partial charge on any atom is 0.123 e. The highest BCUT2D eigenvalue weighted by Crippen LogP contribution is 2.16. The molecule has 0 radical (unpaired) electrons. The molecule has 18 heavy (non-hydrogen) atoms. The number of likely N-dealkylation sites (N-methyl/N-ethyl adjacent to an activating group) is 1. The highest BCUT2D eigenvalue weighted by Gasteiger charge is 2.22. The first-order chi connectivity index (χ1) is 8.70. The third-order valence-corrected chi connectivity index (χ3v) is 3.91. The van der Waals surface area contributed by atoms with Gasteiger partial charge in [0, 0.05) is 19.1 Å². The molecule has 1 saturated heterocycles. The topological polar surface area (TPSA) is 15.3 Å². The molecule has 1 atom stereocenters. The minimum atomic E-state index is -0.149. The standard InChI is InChI=1S/C15H23FN2/c1-3-18-8-4-5-15(18)11-17-10-13-6-7-14(16)9-12(13)2/h6-7,9,15,17H,3-5,8,10-11H2,1-2H3. The highest BCUT2D eigenvalue weighted by molar-refractivity contribution is 5.26. The van der Waals surface area contributed by atoms with Crippen LogP contribution in [0.2, 0.25) is 0 Å². The molecule has 1 aliphatic rings. The second kappa shape index (κ2) is 6.30. The van der Waals surface area contributed by atoms with Gasteiger partial charge in [-0.05, 0) is 56.1 Å². The fraction of sp³-hybridized carbons (Fsp3) is 0.600. The Bertz CT molecular complexity index is 392. The summed E-state index contributed by atoms with van der Waals surface area (Å²) in [6, 6.07) is 5.70. The first kappa shape index (κ1) is 13.5. The Labute approximate surface area is 109 Å². The van der Waals surface area contributed by atoms with Crippen molar-refractivity contribution < 1.29 is 4.39 Å². The summed E-state index contributed by atoms with van der Waals surface area (Å²) in [5.41, 5.74) is 2.22. The van der Waals surface area contributed by atoms with Gasteiger partial charge in [0.15, 0.2) is 0 Å². The van der Waals surface area contributed by atoms with E-state index < -0.39 is 0 Å². The van der Waals surface area contributed by atoms with Gasteiger partial charge >= 0.3 is 0 Å². The molecule has 0 saturated carbocycles. The predicted molar refractivity (Wildman–Crippen MR) is 73.1 cm³/mol. The summed E-state index contributed by atoms with van der Waals surface area (Å²) >= 11 is 0. The fourth-order valence-corrected chi connectivity index (χ4v) is 2.77. The molecule has 0 aliphatic carbocycles. The molecule has 2 rings (SSSR count). The molecule has 1 aromatic rings. The van der Waals surface area contributed by atoms with Crippen LogP contribution in [0.25, 0.3) is 0 Å². The third kappa shape index (κ3) is 3.30. The number of benzene rings is 1. The molecule has 1 aliphatic heterocycles. The summed E-state index contributed by atoms with van der Waals surface area (Å²) in [6.45, 7) is 8.43. The molecule has 2 nitrogen and oxygen atoms in total. The first-order valence-corrected chi connectivity index (χ1v) is 6.90. The summed E-state index contributed by atoms with van der Waals surface area (Å²) in [5.74, 6) is -0.149. The van der Waals surface area contributed by atoms with E-state index in [2.05, 4.69) is 17.1 Å². The van der Waals surface area contributed by atoms with Crippen molar-refractivity contribution >= 4 is 0 Å². The summed E-state index contributed by atoms with van der Waals surface area (Å²) in [4.78, 5) is 2.53. The van der Waals surface area contributed by atoms with Crippen LogP contribution in [0.3, 0.4) is 0 Å². The number of nitrogens with zero attached hydrogens (tertiary/aromatic N) is 1. The lowest BCUT2D eigenvalue weighted by molar-refractivity contribution is 0.260. The van der Waals surface area contributed by atoms with Crippen LogP contribution in [0.5, 0.6) is 0 Å². The Morgan fingerprint density at radius 1 is 1.44 bits per heavy atom. The van der Waals surface area contributed by atoms with Gasteiger partial charge in [-0.1, -0.05) is 13.0 Å². The molecular weight excluding hydrogens is 227 g/mol. The second-order valence-corrected chi connectivity index (χ2v) is 5.13. The van der Waals surface area contributed by atoms with E-state index in [4.69, 9.17) is 0 Å². The van der Waals surface area contributed by atoms with E-state index in [-0.39, 0.29) is 5.82 Å². The normalized spacial score (nSPS) is 20.5. The lowest BCUT2D eigenvalue weighted by atomic mass is 10.1. The first-order valence-electron chi connectivity index (χ1n) is 6.90. The molecule has 100 valence electrons. The van der Waals surface area contributed by atoms with Gasteiger partial charge in [0.1, 0.15) is 5.82 Å². The summed E-state index contributed by atoms with van der Waals surface area (Å²) < 4.78 is 13.0. The van der Waals surface area contributed by atoms with E-state index in [1.807, 2.05) is 13.0 Å². The molecule has 0 amide bonds. The molecule has 1 fully saturated rings. The maximum absolute atomic E-state index is 13.0. The Hall–Kier alpha value is -0.930. The highest BCUT2D eigenvalue weighted by atomic mass is 19.1. The van der Waals surface area contributed by atoms with Crippen LogP contribution in [0.15, 0.2) is 18.2 Å². The van der Waals surface area contributed by atoms with Crippen molar-refractivity contribution in [3.63, 3.8) is 0 Å². The Morgan fingerprint density at radius 3 is 3.00 bits per heavy atom. The van der Waals surface area contributed by atoms with Gasteiger partial charge in [-0.25, -0.2) is 4.39 Å². The molecule has 1 N–H and O–H groups in total. The van der Waals surface area contributed by atoms with Crippen LogP contribution >= 0.6 is 0 Å². The van der Waals surface area contributed by atoms with E-state index in [0.717, 1.165) is 25.2 Å². The molecule has 3 heteroatoms. The number of aryl methyl sites for hydroxylation is 1. The molecule has 0 aromatic heterocycles. The van der Waals surface area contributed by atoms with Crippen molar-refractivity contribution in [2.24, 2.45) is 0 Å². The minimum Gasteiger partial charge on any atom is -0.311 e. The van der Waals surface area contributed by atoms with Crippen LogP contribution < -0.4 is 5.32 Å². The largest absolute Gasteiger partial charge is 0.311 e. The summed E-state index contributed by atoms with van der Waals surface area (Å²) in [5, 5.41) is 3.50. The number of rotatable bonds is 5. The van der Waals surface area contributed by atoms with Crippen molar-refractivity contribution in [2.75, 3.05) is 19.6 Å². The van der Waals surface area contributed by atoms with Gasteiger partial charge in [0.25, 0.3) is 0 Å². The van der Waals surface area contributed by atoms with E-state index in [9.17, 15) is 4.39 Å².